The van der Waals surface area contributed by atoms with Gasteiger partial charge in [-0.1, -0.05) is 36.4 Å². The molecule has 1 aliphatic heterocycles. The van der Waals surface area contributed by atoms with Crippen LogP contribution in [0.3, 0.4) is 0 Å². The summed E-state index contributed by atoms with van der Waals surface area (Å²) in [6.45, 7) is 2.91. The molecule has 2 heterocycles. The SMILES string of the molecule is O=C(CCc1cccnc1)NCC(c1ccccc1)N1CCCC1. The molecule has 4 heteroatoms. The van der Waals surface area contributed by atoms with Crippen LogP contribution in [0.1, 0.15) is 36.4 Å². The Balaban J connectivity index is 1.54. The van der Waals surface area contributed by atoms with Crippen LogP contribution in [0.2, 0.25) is 0 Å². The Bertz CT molecular complexity index is 624. The number of amides is 1. The van der Waals surface area contributed by atoms with Gasteiger partial charge in [0, 0.05) is 25.4 Å². The van der Waals surface area contributed by atoms with Crippen LogP contribution in [0, 0.1) is 0 Å². The third kappa shape index (κ3) is 4.65. The number of rotatable bonds is 7. The van der Waals surface area contributed by atoms with Crippen molar-refractivity contribution in [2.75, 3.05) is 19.6 Å². The molecule has 0 aliphatic carbocycles. The van der Waals surface area contributed by atoms with E-state index in [4.69, 9.17) is 0 Å². The number of likely N-dealkylation sites (tertiary alicyclic amines) is 1. The van der Waals surface area contributed by atoms with Gasteiger partial charge in [0.25, 0.3) is 0 Å². The fourth-order valence-electron chi connectivity index (χ4n) is 3.29. The fourth-order valence-corrected chi connectivity index (χ4v) is 3.29. The number of hydrogen-bond donors (Lipinski definition) is 1. The smallest absolute Gasteiger partial charge is 0.220 e. The fraction of sp³-hybridized carbons (Fsp3) is 0.400. The van der Waals surface area contributed by atoms with Crippen LogP contribution in [-0.4, -0.2) is 35.4 Å². The van der Waals surface area contributed by atoms with E-state index in [1.807, 2.05) is 24.4 Å². The van der Waals surface area contributed by atoms with Gasteiger partial charge in [0.1, 0.15) is 0 Å². The summed E-state index contributed by atoms with van der Waals surface area (Å²) in [7, 11) is 0. The van der Waals surface area contributed by atoms with Crippen LogP contribution in [-0.2, 0) is 11.2 Å². The van der Waals surface area contributed by atoms with E-state index in [9.17, 15) is 4.79 Å². The second-order valence-electron chi connectivity index (χ2n) is 6.33. The summed E-state index contributed by atoms with van der Waals surface area (Å²) < 4.78 is 0. The summed E-state index contributed by atoms with van der Waals surface area (Å²) in [6.07, 6.45) is 7.32. The third-order valence-electron chi connectivity index (χ3n) is 4.62. The van der Waals surface area contributed by atoms with Crippen molar-refractivity contribution in [3.05, 3.63) is 66.0 Å². The lowest BCUT2D eigenvalue weighted by Gasteiger charge is -2.28. The highest BCUT2D eigenvalue weighted by atomic mass is 16.1. The molecule has 0 bridgehead atoms. The normalized spacial score (nSPS) is 16.0. The molecule has 1 saturated heterocycles. The zero-order valence-electron chi connectivity index (χ0n) is 14.0. The monoisotopic (exact) mass is 323 g/mol. The van der Waals surface area contributed by atoms with Gasteiger partial charge in [-0.05, 0) is 49.5 Å². The molecule has 0 spiro atoms. The minimum absolute atomic E-state index is 0.110. The second kappa shape index (κ2) is 8.60. The Labute approximate surface area is 143 Å². The second-order valence-corrected chi connectivity index (χ2v) is 6.33. The molecular formula is C20H25N3O. The van der Waals surface area contributed by atoms with Crippen molar-refractivity contribution < 1.29 is 4.79 Å². The van der Waals surface area contributed by atoms with E-state index >= 15 is 0 Å². The first kappa shape index (κ1) is 16.7. The highest BCUT2D eigenvalue weighted by Crippen LogP contribution is 2.24. The van der Waals surface area contributed by atoms with Crippen LogP contribution in [0.5, 0.6) is 0 Å². The molecule has 2 aromatic rings. The van der Waals surface area contributed by atoms with Gasteiger partial charge in [-0.3, -0.25) is 14.7 Å². The lowest BCUT2D eigenvalue weighted by Crippen LogP contribution is -2.36. The van der Waals surface area contributed by atoms with Crippen molar-refractivity contribution in [1.29, 1.82) is 0 Å². The van der Waals surface area contributed by atoms with E-state index in [0.717, 1.165) is 25.1 Å². The molecule has 126 valence electrons. The van der Waals surface area contributed by atoms with Gasteiger partial charge in [0.2, 0.25) is 5.91 Å². The largest absolute Gasteiger partial charge is 0.354 e. The number of carbonyl (C=O) groups is 1. The van der Waals surface area contributed by atoms with Crippen molar-refractivity contribution in [2.45, 2.75) is 31.7 Å². The Morgan fingerprint density at radius 3 is 2.62 bits per heavy atom. The maximum atomic E-state index is 12.2. The van der Waals surface area contributed by atoms with Crippen LogP contribution in [0.25, 0.3) is 0 Å². The summed E-state index contributed by atoms with van der Waals surface area (Å²) in [6, 6.07) is 14.7. The summed E-state index contributed by atoms with van der Waals surface area (Å²) in [4.78, 5) is 18.8. The minimum Gasteiger partial charge on any atom is -0.354 e. The number of nitrogens with zero attached hydrogens (tertiary/aromatic N) is 2. The van der Waals surface area contributed by atoms with E-state index in [2.05, 4.69) is 39.5 Å². The molecule has 1 atom stereocenters. The summed E-state index contributed by atoms with van der Waals surface area (Å²) >= 11 is 0. The number of hydrogen-bond acceptors (Lipinski definition) is 3. The maximum absolute atomic E-state index is 12.2. The van der Waals surface area contributed by atoms with Gasteiger partial charge in [-0.15, -0.1) is 0 Å². The molecule has 24 heavy (non-hydrogen) atoms. The van der Waals surface area contributed by atoms with Gasteiger partial charge in [-0.2, -0.15) is 0 Å². The van der Waals surface area contributed by atoms with E-state index in [1.54, 1.807) is 6.20 Å². The molecule has 1 N–H and O–H groups in total. The number of aromatic nitrogens is 1. The number of carbonyl (C=O) groups excluding carboxylic acids is 1. The maximum Gasteiger partial charge on any atom is 0.220 e. The molecule has 1 aromatic carbocycles. The average Bonchev–Trinajstić information content (AvgIpc) is 3.16. The van der Waals surface area contributed by atoms with Gasteiger partial charge in [-0.25, -0.2) is 0 Å². The van der Waals surface area contributed by atoms with Gasteiger partial charge >= 0.3 is 0 Å². The predicted octanol–water partition coefficient (Wildman–Crippen LogP) is 2.97. The Hall–Kier alpha value is -2.20. The number of pyridine rings is 1. The molecule has 0 radical (unpaired) electrons. The van der Waals surface area contributed by atoms with Gasteiger partial charge in [0.05, 0.1) is 6.04 Å². The van der Waals surface area contributed by atoms with Gasteiger partial charge < -0.3 is 5.32 Å². The molecule has 1 aliphatic rings. The predicted molar refractivity (Wildman–Crippen MR) is 95.6 cm³/mol. The zero-order valence-corrected chi connectivity index (χ0v) is 14.0. The highest BCUT2D eigenvalue weighted by molar-refractivity contribution is 5.76. The van der Waals surface area contributed by atoms with Crippen LogP contribution in [0.15, 0.2) is 54.9 Å². The molecule has 0 saturated carbocycles. The Kier molecular flexibility index (Phi) is 5.96. The molecule has 1 unspecified atom stereocenters. The molecule has 4 nitrogen and oxygen atoms in total. The Morgan fingerprint density at radius 2 is 1.92 bits per heavy atom. The molecule has 1 aromatic heterocycles. The highest BCUT2D eigenvalue weighted by Gasteiger charge is 2.23. The number of nitrogens with one attached hydrogen (secondary N) is 1. The first-order chi connectivity index (χ1) is 11.8. The van der Waals surface area contributed by atoms with Crippen molar-refractivity contribution in [1.82, 2.24) is 15.2 Å². The van der Waals surface area contributed by atoms with E-state index in [1.165, 1.54) is 18.4 Å². The van der Waals surface area contributed by atoms with E-state index in [0.29, 0.717) is 13.0 Å². The minimum atomic E-state index is 0.110. The van der Waals surface area contributed by atoms with Crippen molar-refractivity contribution in [2.24, 2.45) is 0 Å². The molecule has 3 rings (SSSR count). The quantitative estimate of drug-likeness (QED) is 0.852. The topological polar surface area (TPSA) is 45.2 Å². The lowest BCUT2D eigenvalue weighted by molar-refractivity contribution is -0.121. The van der Waals surface area contributed by atoms with E-state index < -0.39 is 0 Å². The number of aryl methyl sites for hydroxylation is 1. The molecule has 1 fully saturated rings. The lowest BCUT2D eigenvalue weighted by atomic mass is 10.1. The molecule has 1 amide bonds. The summed E-state index contributed by atoms with van der Waals surface area (Å²) in [5.74, 6) is 0.110. The first-order valence-corrected chi connectivity index (χ1v) is 8.77. The summed E-state index contributed by atoms with van der Waals surface area (Å²) in [5.41, 5.74) is 2.39. The van der Waals surface area contributed by atoms with Crippen molar-refractivity contribution in [3.63, 3.8) is 0 Å². The number of benzene rings is 1. The van der Waals surface area contributed by atoms with Gasteiger partial charge in [0.15, 0.2) is 0 Å². The van der Waals surface area contributed by atoms with Crippen LogP contribution in [0.4, 0.5) is 0 Å². The summed E-state index contributed by atoms with van der Waals surface area (Å²) in [5, 5.41) is 3.13. The first-order valence-electron chi connectivity index (χ1n) is 8.77. The zero-order chi connectivity index (χ0) is 16.6. The third-order valence-corrected chi connectivity index (χ3v) is 4.62. The Morgan fingerprint density at radius 1 is 1.12 bits per heavy atom. The molecular weight excluding hydrogens is 298 g/mol. The van der Waals surface area contributed by atoms with Crippen molar-refractivity contribution in [3.8, 4) is 0 Å². The van der Waals surface area contributed by atoms with Crippen LogP contribution >= 0.6 is 0 Å². The van der Waals surface area contributed by atoms with Crippen molar-refractivity contribution >= 4 is 5.91 Å². The average molecular weight is 323 g/mol. The van der Waals surface area contributed by atoms with E-state index in [-0.39, 0.29) is 11.9 Å². The van der Waals surface area contributed by atoms with Crippen LogP contribution < -0.4 is 5.32 Å². The standard InChI is InChI=1S/C20H25N3O/c24-20(11-10-17-7-6-12-21-15-17)22-16-19(23-13-4-5-14-23)18-8-2-1-3-9-18/h1-3,6-9,12,15,19H,4-5,10-11,13-14,16H2,(H,22,24).